The maximum absolute atomic E-state index is 13.0. The molecule has 3 rings (SSSR count). The number of hydrogen-bond donors (Lipinski definition) is 2. The summed E-state index contributed by atoms with van der Waals surface area (Å²) in [6, 6.07) is 14.0. The topological polar surface area (TPSA) is 74.8 Å². The molecule has 0 radical (unpaired) electrons. The monoisotopic (exact) mass is 439 g/mol. The second-order valence-electron chi connectivity index (χ2n) is 7.38. The van der Waals surface area contributed by atoms with Crippen molar-refractivity contribution in [1.82, 2.24) is 9.97 Å². The number of hydrogen-bond acceptors (Lipinski definition) is 4. The predicted molar refractivity (Wildman–Crippen MR) is 123 cm³/mol. The van der Waals surface area contributed by atoms with Gasteiger partial charge >= 0.3 is 0 Å². The molecule has 7 heteroatoms. The van der Waals surface area contributed by atoms with Gasteiger partial charge in [-0.15, -0.1) is 0 Å². The molecule has 0 spiro atoms. The number of unbranched alkanes of at least 4 members (excludes halogenated alkanes) is 1. The van der Waals surface area contributed by atoms with Crippen molar-refractivity contribution in [2.75, 3.05) is 5.32 Å². The third kappa shape index (κ3) is 6.79. The summed E-state index contributed by atoms with van der Waals surface area (Å²) in [5, 5.41) is 3.31. The van der Waals surface area contributed by atoms with Crippen molar-refractivity contribution >= 4 is 23.4 Å². The van der Waals surface area contributed by atoms with Gasteiger partial charge in [-0.3, -0.25) is 9.59 Å². The van der Waals surface area contributed by atoms with Gasteiger partial charge in [-0.2, -0.15) is 0 Å². The number of halogens is 1. The van der Waals surface area contributed by atoms with Crippen LogP contribution in [0.15, 0.2) is 58.5 Å². The summed E-state index contributed by atoms with van der Waals surface area (Å²) >= 11 is 1.36. The molecule has 0 aliphatic carbocycles. The normalized spacial score (nSPS) is 10.8. The van der Waals surface area contributed by atoms with E-state index in [0.717, 1.165) is 24.8 Å². The lowest BCUT2D eigenvalue weighted by Crippen LogP contribution is -2.23. The van der Waals surface area contributed by atoms with Gasteiger partial charge in [-0.05, 0) is 55.2 Å². The first kappa shape index (κ1) is 22.7. The molecule has 0 aliphatic heterocycles. The summed E-state index contributed by atoms with van der Waals surface area (Å²) in [5.74, 6) is 0.00567. The molecule has 0 aliphatic rings. The van der Waals surface area contributed by atoms with Crippen molar-refractivity contribution in [2.45, 2.75) is 50.4 Å². The minimum absolute atomic E-state index is 0.0470. The maximum atomic E-state index is 13.0. The van der Waals surface area contributed by atoms with E-state index < -0.39 is 0 Å². The molecule has 162 valence electrons. The molecule has 2 N–H and O–H groups in total. The second kappa shape index (κ2) is 10.9. The Morgan fingerprint density at radius 3 is 2.42 bits per heavy atom. The molecule has 0 saturated heterocycles. The van der Waals surface area contributed by atoms with Crippen molar-refractivity contribution in [1.29, 1.82) is 0 Å². The zero-order valence-electron chi connectivity index (χ0n) is 17.7. The molecule has 1 aromatic heterocycles. The Morgan fingerprint density at radius 2 is 1.77 bits per heavy atom. The first-order valence-electron chi connectivity index (χ1n) is 10.3. The molecule has 0 fully saturated rings. The number of H-pyrrole nitrogens is 1. The van der Waals surface area contributed by atoms with Gasteiger partial charge in [0.15, 0.2) is 5.16 Å². The molecule has 0 saturated carbocycles. The summed E-state index contributed by atoms with van der Waals surface area (Å²) in [4.78, 5) is 32.1. The molecule has 31 heavy (non-hydrogen) atoms. The second-order valence-corrected chi connectivity index (χ2v) is 8.34. The van der Waals surface area contributed by atoms with E-state index in [0.29, 0.717) is 27.9 Å². The highest BCUT2D eigenvalue weighted by atomic mass is 32.2. The molecule has 3 aromatic rings. The van der Waals surface area contributed by atoms with Crippen LogP contribution >= 0.6 is 11.8 Å². The summed E-state index contributed by atoms with van der Waals surface area (Å²) in [6.07, 6.45) is 3.26. The fraction of sp³-hybridized carbons (Fsp3) is 0.292. The summed E-state index contributed by atoms with van der Waals surface area (Å²) in [5.41, 5.74) is 3.43. The molecule has 0 bridgehead atoms. The van der Waals surface area contributed by atoms with Gasteiger partial charge in [0.1, 0.15) is 5.82 Å². The quantitative estimate of drug-likeness (QED) is 0.362. The first-order chi connectivity index (χ1) is 14.9. The number of carbonyl (C=O) groups excluding carboxylic acids is 1. The number of anilines is 1. The van der Waals surface area contributed by atoms with Crippen LogP contribution in [0.1, 0.15) is 42.1 Å². The summed E-state index contributed by atoms with van der Waals surface area (Å²) in [6.45, 7) is 3.88. The number of carbonyl (C=O) groups is 1. The Hall–Kier alpha value is -2.93. The minimum atomic E-state index is -0.320. The summed E-state index contributed by atoms with van der Waals surface area (Å²) < 4.78 is 13.0. The Bertz CT molecular complexity index is 1080. The van der Waals surface area contributed by atoms with Crippen LogP contribution in [-0.2, 0) is 23.4 Å². The lowest BCUT2D eigenvalue weighted by molar-refractivity contribution is -0.115. The van der Waals surface area contributed by atoms with Gasteiger partial charge in [0.05, 0.1) is 6.42 Å². The minimum Gasteiger partial charge on any atom is -0.326 e. The molecular formula is C24H26FN3O2S. The van der Waals surface area contributed by atoms with Crippen molar-refractivity contribution in [3.05, 3.63) is 87.1 Å². The smallest absolute Gasteiger partial charge is 0.255 e. The van der Waals surface area contributed by atoms with E-state index in [2.05, 4.69) is 22.2 Å². The third-order valence-electron chi connectivity index (χ3n) is 4.88. The number of nitrogens with zero attached hydrogens (tertiary/aromatic N) is 1. The van der Waals surface area contributed by atoms with Crippen LogP contribution in [0.2, 0.25) is 0 Å². The van der Waals surface area contributed by atoms with Gasteiger partial charge < -0.3 is 10.3 Å². The van der Waals surface area contributed by atoms with Gasteiger partial charge in [0, 0.05) is 22.7 Å². The van der Waals surface area contributed by atoms with Crippen LogP contribution < -0.4 is 10.9 Å². The van der Waals surface area contributed by atoms with Gasteiger partial charge in [0.25, 0.3) is 5.56 Å². The zero-order valence-corrected chi connectivity index (χ0v) is 18.5. The highest BCUT2D eigenvalue weighted by Gasteiger charge is 2.13. The predicted octanol–water partition coefficient (Wildman–Crippen LogP) is 5.03. The van der Waals surface area contributed by atoms with Crippen LogP contribution in [-0.4, -0.2) is 15.9 Å². The van der Waals surface area contributed by atoms with E-state index in [1.807, 2.05) is 24.3 Å². The van der Waals surface area contributed by atoms with E-state index in [-0.39, 0.29) is 23.7 Å². The van der Waals surface area contributed by atoms with E-state index in [4.69, 9.17) is 0 Å². The highest BCUT2D eigenvalue weighted by molar-refractivity contribution is 7.98. The Morgan fingerprint density at radius 1 is 1.10 bits per heavy atom. The van der Waals surface area contributed by atoms with E-state index in [1.54, 1.807) is 19.1 Å². The Labute approximate surface area is 185 Å². The van der Waals surface area contributed by atoms with E-state index in [1.165, 1.54) is 29.5 Å². The average molecular weight is 440 g/mol. The van der Waals surface area contributed by atoms with Crippen molar-refractivity contribution in [3.8, 4) is 0 Å². The number of nitrogens with one attached hydrogen (secondary N) is 2. The summed E-state index contributed by atoms with van der Waals surface area (Å²) in [7, 11) is 0. The number of aromatic nitrogens is 2. The van der Waals surface area contributed by atoms with Crippen LogP contribution in [0.5, 0.6) is 0 Å². The molecule has 1 heterocycles. The number of aryl methyl sites for hydroxylation is 2. The van der Waals surface area contributed by atoms with Gasteiger partial charge in [0.2, 0.25) is 5.91 Å². The lowest BCUT2D eigenvalue weighted by Gasteiger charge is -2.09. The third-order valence-corrected chi connectivity index (χ3v) is 5.83. The maximum Gasteiger partial charge on any atom is 0.255 e. The number of benzene rings is 2. The van der Waals surface area contributed by atoms with Crippen molar-refractivity contribution < 1.29 is 9.18 Å². The largest absolute Gasteiger partial charge is 0.326 e. The Balaban J connectivity index is 1.60. The SMILES string of the molecule is CCCCc1ccc(NC(=O)Cc2c(C)nc(SCc3ccc(F)cc3)[nH]c2=O)cc1. The van der Waals surface area contributed by atoms with E-state index >= 15 is 0 Å². The van der Waals surface area contributed by atoms with Crippen molar-refractivity contribution in [2.24, 2.45) is 0 Å². The molecule has 1 amide bonds. The molecular weight excluding hydrogens is 413 g/mol. The number of thioether (sulfide) groups is 1. The van der Waals surface area contributed by atoms with Gasteiger partial charge in [-0.1, -0.05) is 49.4 Å². The van der Waals surface area contributed by atoms with Crippen LogP contribution in [0, 0.1) is 12.7 Å². The highest BCUT2D eigenvalue weighted by Crippen LogP contribution is 2.19. The molecule has 2 aromatic carbocycles. The standard InChI is InChI=1S/C24H26FN3O2S/c1-3-4-5-17-8-12-20(13-9-17)27-22(29)14-21-16(2)26-24(28-23(21)30)31-15-18-6-10-19(25)11-7-18/h6-13H,3-5,14-15H2,1-2H3,(H,27,29)(H,26,28,30). The first-order valence-corrected chi connectivity index (χ1v) is 11.3. The number of aromatic amines is 1. The lowest BCUT2D eigenvalue weighted by atomic mass is 10.1. The average Bonchev–Trinajstić information content (AvgIpc) is 2.75. The molecule has 5 nitrogen and oxygen atoms in total. The van der Waals surface area contributed by atoms with E-state index in [9.17, 15) is 14.0 Å². The molecule has 0 atom stereocenters. The number of amides is 1. The zero-order chi connectivity index (χ0) is 22.2. The van der Waals surface area contributed by atoms with Crippen molar-refractivity contribution in [3.63, 3.8) is 0 Å². The Kier molecular flexibility index (Phi) is 8.00. The van der Waals surface area contributed by atoms with Crippen LogP contribution in [0.4, 0.5) is 10.1 Å². The van der Waals surface area contributed by atoms with Crippen LogP contribution in [0.25, 0.3) is 0 Å². The van der Waals surface area contributed by atoms with Crippen LogP contribution in [0.3, 0.4) is 0 Å². The number of rotatable bonds is 9. The fourth-order valence-corrected chi connectivity index (χ4v) is 3.96. The van der Waals surface area contributed by atoms with Gasteiger partial charge in [-0.25, -0.2) is 9.37 Å². The fourth-order valence-electron chi connectivity index (χ4n) is 3.09. The molecule has 0 unspecified atom stereocenters.